The van der Waals surface area contributed by atoms with Crippen LogP contribution in [0.15, 0.2) is 28.7 Å². The highest BCUT2D eigenvalue weighted by molar-refractivity contribution is 9.10. The molecule has 0 radical (unpaired) electrons. The number of benzene rings is 1. The Morgan fingerprint density at radius 3 is 2.40 bits per heavy atom. The van der Waals surface area contributed by atoms with Crippen LogP contribution in [0.4, 0.5) is 5.69 Å². The van der Waals surface area contributed by atoms with Crippen molar-refractivity contribution < 1.29 is 0 Å². The molecule has 1 saturated heterocycles. The summed E-state index contributed by atoms with van der Waals surface area (Å²) in [5.41, 5.74) is 7.44. The Hall–Kier alpha value is -0.540. The first-order valence-corrected chi connectivity index (χ1v) is 6.10. The number of rotatable bonds is 1. The summed E-state index contributed by atoms with van der Waals surface area (Å²) in [6, 6.07) is 8.71. The zero-order chi connectivity index (χ0) is 11.1. The van der Waals surface area contributed by atoms with Gasteiger partial charge in [-0.15, -0.1) is 0 Å². The highest BCUT2D eigenvalue weighted by Gasteiger charge is 2.38. The van der Waals surface area contributed by atoms with Gasteiger partial charge in [-0.05, 0) is 44.5 Å². The zero-order valence-corrected chi connectivity index (χ0v) is 10.8. The highest BCUT2D eigenvalue weighted by atomic mass is 79.9. The molecular weight excluding hydrogens is 252 g/mol. The van der Waals surface area contributed by atoms with E-state index in [0.29, 0.717) is 0 Å². The summed E-state index contributed by atoms with van der Waals surface area (Å²) in [5, 5.41) is 0. The Labute approximate surface area is 99.6 Å². The molecule has 3 heteroatoms. The maximum absolute atomic E-state index is 6.12. The molecule has 1 fully saturated rings. The number of nitrogens with two attached hydrogens (primary N) is 1. The third kappa shape index (κ3) is 1.91. The minimum Gasteiger partial charge on any atom is -0.365 e. The standard InChI is InChI=1S/C12H17BrN2/c1-12(2)11(14)7-8-15(12)10-5-3-9(13)4-6-10/h3-6,11H,7-8,14H2,1-2H3. The molecule has 1 heterocycles. The van der Waals surface area contributed by atoms with Crippen molar-refractivity contribution in [3.8, 4) is 0 Å². The summed E-state index contributed by atoms with van der Waals surface area (Å²) in [7, 11) is 0. The van der Waals surface area contributed by atoms with Crippen LogP contribution in [0.5, 0.6) is 0 Å². The Morgan fingerprint density at radius 1 is 1.33 bits per heavy atom. The van der Waals surface area contributed by atoms with Crippen molar-refractivity contribution in [2.24, 2.45) is 5.73 Å². The third-order valence-electron chi connectivity index (χ3n) is 3.41. The molecule has 1 aliphatic rings. The molecule has 2 rings (SSSR count). The molecule has 1 aromatic rings. The molecule has 1 aliphatic heterocycles. The van der Waals surface area contributed by atoms with Gasteiger partial charge in [0.25, 0.3) is 0 Å². The molecule has 2 nitrogen and oxygen atoms in total. The van der Waals surface area contributed by atoms with Crippen LogP contribution in [0, 0.1) is 0 Å². The average Bonchev–Trinajstić information content (AvgIpc) is 2.44. The van der Waals surface area contributed by atoms with Crippen LogP contribution in [-0.4, -0.2) is 18.1 Å². The van der Waals surface area contributed by atoms with Crippen molar-refractivity contribution in [3.05, 3.63) is 28.7 Å². The molecule has 2 N–H and O–H groups in total. The average molecular weight is 269 g/mol. The highest BCUT2D eigenvalue weighted by Crippen LogP contribution is 2.33. The van der Waals surface area contributed by atoms with Crippen LogP contribution in [0.25, 0.3) is 0 Å². The van der Waals surface area contributed by atoms with E-state index in [1.807, 2.05) is 0 Å². The van der Waals surface area contributed by atoms with Gasteiger partial charge < -0.3 is 10.6 Å². The van der Waals surface area contributed by atoms with Crippen LogP contribution < -0.4 is 10.6 Å². The van der Waals surface area contributed by atoms with Gasteiger partial charge in [0.2, 0.25) is 0 Å². The van der Waals surface area contributed by atoms with E-state index in [9.17, 15) is 0 Å². The van der Waals surface area contributed by atoms with Crippen LogP contribution >= 0.6 is 15.9 Å². The van der Waals surface area contributed by atoms with Crippen molar-refractivity contribution in [2.45, 2.75) is 31.8 Å². The lowest BCUT2D eigenvalue weighted by Gasteiger charge is -2.36. The number of halogens is 1. The van der Waals surface area contributed by atoms with Gasteiger partial charge >= 0.3 is 0 Å². The lowest BCUT2D eigenvalue weighted by Crippen LogP contribution is -2.48. The predicted octanol–water partition coefficient (Wildman–Crippen LogP) is 2.77. The zero-order valence-electron chi connectivity index (χ0n) is 9.20. The molecule has 0 spiro atoms. The molecule has 15 heavy (non-hydrogen) atoms. The molecule has 1 atom stereocenters. The summed E-state index contributed by atoms with van der Waals surface area (Å²) in [4.78, 5) is 2.39. The van der Waals surface area contributed by atoms with E-state index in [1.54, 1.807) is 0 Å². The molecule has 0 aliphatic carbocycles. The Kier molecular flexibility index (Phi) is 2.77. The van der Waals surface area contributed by atoms with E-state index < -0.39 is 0 Å². The second-order valence-corrected chi connectivity index (χ2v) is 5.59. The molecule has 82 valence electrons. The molecule has 0 aromatic heterocycles. The van der Waals surface area contributed by atoms with E-state index in [0.717, 1.165) is 17.4 Å². The van der Waals surface area contributed by atoms with Gasteiger partial charge in [-0.2, -0.15) is 0 Å². The summed E-state index contributed by atoms with van der Waals surface area (Å²) in [6.07, 6.45) is 1.07. The molecule has 0 saturated carbocycles. The van der Waals surface area contributed by atoms with E-state index in [1.165, 1.54) is 5.69 Å². The smallest absolute Gasteiger partial charge is 0.0497 e. The minimum atomic E-state index is 0.0633. The van der Waals surface area contributed by atoms with Crippen LogP contribution in [0.1, 0.15) is 20.3 Å². The molecule has 0 bridgehead atoms. The molecule has 1 unspecified atom stereocenters. The fourth-order valence-corrected chi connectivity index (χ4v) is 2.46. The topological polar surface area (TPSA) is 29.3 Å². The number of hydrogen-bond donors (Lipinski definition) is 1. The first-order chi connectivity index (χ1) is 7.01. The van der Waals surface area contributed by atoms with Gasteiger partial charge in [0.15, 0.2) is 0 Å². The van der Waals surface area contributed by atoms with E-state index in [2.05, 4.69) is 58.9 Å². The van der Waals surface area contributed by atoms with Crippen LogP contribution in [0.3, 0.4) is 0 Å². The maximum atomic E-state index is 6.12. The normalized spacial score (nSPS) is 24.5. The van der Waals surface area contributed by atoms with Crippen LogP contribution in [-0.2, 0) is 0 Å². The van der Waals surface area contributed by atoms with Gasteiger partial charge in [0.05, 0.1) is 0 Å². The fourth-order valence-electron chi connectivity index (χ4n) is 2.19. The Balaban J connectivity index is 2.28. The molecular formula is C12H17BrN2. The third-order valence-corrected chi connectivity index (χ3v) is 3.93. The Morgan fingerprint density at radius 2 is 1.93 bits per heavy atom. The minimum absolute atomic E-state index is 0.0633. The van der Waals surface area contributed by atoms with Crippen molar-refractivity contribution in [3.63, 3.8) is 0 Å². The molecule has 1 aromatic carbocycles. The first kappa shape index (κ1) is 11.0. The lowest BCUT2D eigenvalue weighted by molar-refractivity contribution is 0.453. The molecule has 0 amide bonds. The predicted molar refractivity (Wildman–Crippen MR) is 68.2 cm³/mol. The van der Waals surface area contributed by atoms with Crippen molar-refractivity contribution in [1.29, 1.82) is 0 Å². The lowest BCUT2D eigenvalue weighted by atomic mass is 9.96. The van der Waals surface area contributed by atoms with Gasteiger partial charge in [-0.25, -0.2) is 0 Å². The second kappa shape index (κ2) is 3.80. The van der Waals surface area contributed by atoms with E-state index >= 15 is 0 Å². The number of anilines is 1. The number of hydrogen-bond acceptors (Lipinski definition) is 2. The van der Waals surface area contributed by atoms with Gasteiger partial charge in [0, 0.05) is 28.3 Å². The fraction of sp³-hybridized carbons (Fsp3) is 0.500. The van der Waals surface area contributed by atoms with E-state index in [-0.39, 0.29) is 11.6 Å². The summed E-state index contributed by atoms with van der Waals surface area (Å²) in [5.74, 6) is 0. The Bertz CT molecular complexity index is 345. The van der Waals surface area contributed by atoms with Gasteiger partial charge in [0.1, 0.15) is 0 Å². The first-order valence-electron chi connectivity index (χ1n) is 5.30. The van der Waals surface area contributed by atoms with Crippen LogP contribution in [0.2, 0.25) is 0 Å². The number of nitrogens with zero attached hydrogens (tertiary/aromatic N) is 1. The van der Waals surface area contributed by atoms with Crippen molar-refractivity contribution in [2.75, 3.05) is 11.4 Å². The van der Waals surface area contributed by atoms with Crippen molar-refractivity contribution >= 4 is 21.6 Å². The van der Waals surface area contributed by atoms with Gasteiger partial charge in [-0.1, -0.05) is 15.9 Å². The summed E-state index contributed by atoms with van der Waals surface area (Å²) in [6.45, 7) is 5.48. The summed E-state index contributed by atoms with van der Waals surface area (Å²) < 4.78 is 1.12. The SMILES string of the molecule is CC1(C)C(N)CCN1c1ccc(Br)cc1. The second-order valence-electron chi connectivity index (χ2n) is 4.68. The van der Waals surface area contributed by atoms with E-state index in [4.69, 9.17) is 5.73 Å². The monoisotopic (exact) mass is 268 g/mol. The maximum Gasteiger partial charge on any atom is 0.0497 e. The largest absolute Gasteiger partial charge is 0.365 e. The quantitative estimate of drug-likeness (QED) is 0.849. The van der Waals surface area contributed by atoms with Gasteiger partial charge in [-0.3, -0.25) is 0 Å². The summed E-state index contributed by atoms with van der Waals surface area (Å²) >= 11 is 3.45. The van der Waals surface area contributed by atoms with Crippen molar-refractivity contribution in [1.82, 2.24) is 0 Å².